The molecule has 0 fully saturated rings. The zero-order valence-electron chi connectivity index (χ0n) is 13.9. The number of hydrogen-bond donors (Lipinski definition) is 3. The van der Waals surface area contributed by atoms with Crippen LogP contribution in [0.25, 0.3) is 11.4 Å². The summed E-state index contributed by atoms with van der Waals surface area (Å²) in [6, 6.07) is 7.09. The third kappa shape index (κ3) is 4.79. The number of aryl methyl sites for hydroxylation is 1. The Bertz CT molecular complexity index is 675. The number of H-pyrrole nitrogens is 1. The number of carbonyl (C=O) groups is 1. The molecule has 2 amide bonds. The Morgan fingerprint density at radius 1 is 1.43 bits per heavy atom. The van der Waals surface area contributed by atoms with Crippen LogP contribution in [0, 0.1) is 6.92 Å². The molecule has 0 unspecified atom stereocenters. The number of anilines is 1. The average Bonchev–Trinajstić information content (AvgIpc) is 2.90. The van der Waals surface area contributed by atoms with Crippen LogP contribution in [-0.4, -0.2) is 49.9 Å². The van der Waals surface area contributed by atoms with Gasteiger partial charge in [0, 0.05) is 17.8 Å². The number of amides is 2. The Hall–Kier alpha value is -2.41. The fraction of sp³-hybridized carbons (Fsp3) is 0.438. The van der Waals surface area contributed by atoms with Crippen molar-refractivity contribution in [2.45, 2.75) is 33.3 Å². The van der Waals surface area contributed by atoms with Crippen molar-refractivity contribution in [1.82, 2.24) is 20.1 Å². The smallest absolute Gasteiger partial charge is 0.321 e. The van der Waals surface area contributed by atoms with Gasteiger partial charge in [0.25, 0.3) is 0 Å². The summed E-state index contributed by atoms with van der Waals surface area (Å²) in [4.78, 5) is 18.2. The van der Waals surface area contributed by atoms with Gasteiger partial charge in [0.1, 0.15) is 5.82 Å². The summed E-state index contributed by atoms with van der Waals surface area (Å²) in [6.07, 6.45) is 0. The van der Waals surface area contributed by atoms with Gasteiger partial charge in [-0.2, -0.15) is 5.10 Å². The Labute approximate surface area is 135 Å². The summed E-state index contributed by atoms with van der Waals surface area (Å²) < 4.78 is 0. The Morgan fingerprint density at radius 2 is 2.17 bits per heavy atom. The minimum absolute atomic E-state index is 0.252. The van der Waals surface area contributed by atoms with E-state index in [0.717, 1.165) is 11.4 Å². The molecule has 0 saturated heterocycles. The molecule has 7 heteroatoms. The molecule has 1 aromatic carbocycles. The molecule has 7 nitrogen and oxygen atoms in total. The lowest BCUT2D eigenvalue weighted by atomic mass is 10.1. The first kappa shape index (κ1) is 17.0. The second-order valence-electron chi connectivity index (χ2n) is 6.08. The number of aromatic amines is 1. The van der Waals surface area contributed by atoms with E-state index >= 15 is 0 Å². The van der Waals surface area contributed by atoms with Crippen LogP contribution in [0.1, 0.15) is 26.6 Å². The molecule has 0 bridgehead atoms. The first-order valence-electron chi connectivity index (χ1n) is 7.56. The first-order chi connectivity index (χ1) is 10.8. The van der Waals surface area contributed by atoms with Crippen molar-refractivity contribution in [3.05, 3.63) is 30.1 Å². The van der Waals surface area contributed by atoms with Crippen molar-refractivity contribution in [3.8, 4) is 11.4 Å². The summed E-state index contributed by atoms with van der Waals surface area (Å²) in [6.45, 7) is 7.82. The van der Waals surface area contributed by atoms with Crippen LogP contribution in [0.2, 0.25) is 0 Å². The van der Waals surface area contributed by atoms with E-state index in [1.54, 1.807) is 24.8 Å². The molecular weight excluding hydrogens is 294 g/mol. The quantitative estimate of drug-likeness (QED) is 0.789. The van der Waals surface area contributed by atoms with Crippen LogP contribution in [-0.2, 0) is 0 Å². The monoisotopic (exact) mass is 317 g/mol. The molecule has 0 atom stereocenters. The molecular formula is C16H23N5O2. The summed E-state index contributed by atoms with van der Waals surface area (Å²) in [5.41, 5.74) is 0.535. The number of benzene rings is 1. The summed E-state index contributed by atoms with van der Waals surface area (Å²) in [5.74, 6) is 1.32. The van der Waals surface area contributed by atoms with E-state index in [9.17, 15) is 9.90 Å². The van der Waals surface area contributed by atoms with Crippen LogP contribution in [0.15, 0.2) is 24.3 Å². The Morgan fingerprint density at radius 3 is 2.74 bits per heavy atom. The maximum absolute atomic E-state index is 12.3. The molecule has 1 heterocycles. The summed E-state index contributed by atoms with van der Waals surface area (Å²) in [5, 5.41) is 19.6. The van der Waals surface area contributed by atoms with Crippen LogP contribution in [0.3, 0.4) is 0 Å². The van der Waals surface area contributed by atoms with E-state index in [-0.39, 0.29) is 12.6 Å². The van der Waals surface area contributed by atoms with Gasteiger partial charge in [0.15, 0.2) is 5.82 Å². The molecule has 124 valence electrons. The van der Waals surface area contributed by atoms with Crippen LogP contribution < -0.4 is 5.32 Å². The largest absolute Gasteiger partial charge is 0.389 e. The van der Waals surface area contributed by atoms with Gasteiger partial charge in [-0.25, -0.2) is 9.78 Å². The van der Waals surface area contributed by atoms with Crippen molar-refractivity contribution < 1.29 is 9.90 Å². The van der Waals surface area contributed by atoms with Crippen molar-refractivity contribution in [1.29, 1.82) is 0 Å². The third-order valence-corrected chi connectivity index (χ3v) is 3.22. The van der Waals surface area contributed by atoms with E-state index in [1.807, 2.05) is 32.0 Å². The zero-order chi connectivity index (χ0) is 17.0. The Balaban J connectivity index is 2.12. The number of urea groups is 1. The number of rotatable bonds is 5. The van der Waals surface area contributed by atoms with Crippen molar-refractivity contribution >= 4 is 11.7 Å². The molecule has 2 rings (SSSR count). The van der Waals surface area contributed by atoms with Crippen LogP contribution >= 0.6 is 0 Å². The van der Waals surface area contributed by atoms with E-state index in [0.29, 0.717) is 18.1 Å². The topological polar surface area (TPSA) is 94.1 Å². The zero-order valence-corrected chi connectivity index (χ0v) is 13.9. The molecule has 0 aliphatic carbocycles. The molecule has 2 aromatic rings. The van der Waals surface area contributed by atoms with Crippen molar-refractivity contribution in [2.24, 2.45) is 0 Å². The van der Waals surface area contributed by atoms with Gasteiger partial charge in [-0.05, 0) is 39.8 Å². The Kier molecular flexibility index (Phi) is 5.00. The number of carbonyl (C=O) groups excluding carboxylic acids is 1. The van der Waals surface area contributed by atoms with Gasteiger partial charge in [0.2, 0.25) is 0 Å². The normalized spacial score (nSPS) is 11.3. The fourth-order valence-corrected chi connectivity index (χ4v) is 2.20. The van der Waals surface area contributed by atoms with Crippen LogP contribution in [0.5, 0.6) is 0 Å². The van der Waals surface area contributed by atoms with Crippen molar-refractivity contribution in [3.63, 3.8) is 0 Å². The van der Waals surface area contributed by atoms with E-state index in [1.165, 1.54) is 0 Å². The number of likely N-dealkylation sites (N-methyl/N-ethyl adjacent to an activating group) is 1. The van der Waals surface area contributed by atoms with Crippen molar-refractivity contribution in [2.75, 3.05) is 18.4 Å². The summed E-state index contributed by atoms with van der Waals surface area (Å²) >= 11 is 0. The van der Waals surface area contributed by atoms with Gasteiger partial charge < -0.3 is 15.3 Å². The van der Waals surface area contributed by atoms with Crippen LogP contribution in [0.4, 0.5) is 10.5 Å². The molecule has 0 aliphatic heterocycles. The van der Waals surface area contributed by atoms with E-state index in [2.05, 4.69) is 20.5 Å². The average molecular weight is 317 g/mol. The fourth-order valence-electron chi connectivity index (χ4n) is 2.20. The molecule has 0 radical (unpaired) electrons. The number of aliphatic hydroxyl groups is 1. The van der Waals surface area contributed by atoms with Gasteiger partial charge in [-0.15, -0.1) is 0 Å². The molecule has 3 N–H and O–H groups in total. The SMILES string of the molecule is CCN(CC(C)(C)O)C(=O)Nc1cccc(-c2n[nH]c(C)n2)c1. The number of nitrogens with zero attached hydrogens (tertiary/aromatic N) is 3. The number of hydrogen-bond acceptors (Lipinski definition) is 4. The number of aromatic nitrogens is 3. The minimum atomic E-state index is -0.939. The predicted molar refractivity (Wildman–Crippen MR) is 89.1 cm³/mol. The van der Waals surface area contributed by atoms with Gasteiger partial charge in [-0.3, -0.25) is 5.10 Å². The molecule has 0 spiro atoms. The lowest BCUT2D eigenvalue weighted by Gasteiger charge is -2.28. The minimum Gasteiger partial charge on any atom is -0.389 e. The second kappa shape index (κ2) is 6.78. The molecule has 0 saturated carbocycles. The number of nitrogens with one attached hydrogen (secondary N) is 2. The second-order valence-corrected chi connectivity index (χ2v) is 6.08. The lowest BCUT2D eigenvalue weighted by Crippen LogP contribution is -2.44. The van der Waals surface area contributed by atoms with Gasteiger partial charge in [0.05, 0.1) is 12.1 Å². The van der Waals surface area contributed by atoms with E-state index in [4.69, 9.17) is 0 Å². The first-order valence-corrected chi connectivity index (χ1v) is 7.56. The van der Waals surface area contributed by atoms with E-state index < -0.39 is 5.60 Å². The highest BCUT2D eigenvalue weighted by atomic mass is 16.3. The predicted octanol–water partition coefficient (Wildman–Crippen LogP) is 2.40. The highest BCUT2D eigenvalue weighted by Gasteiger charge is 2.21. The van der Waals surface area contributed by atoms with Gasteiger partial charge >= 0.3 is 6.03 Å². The lowest BCUT2D eigenvalue weighted by molar-refractivity contribution is 0.0501. The highest BCUT2D eigenvalue weighted by Crippen LogP contribution is 2.19. The molecule has 23 heavy (non-hydrogen) atoms. The highest BCUT2D eigenvalue weighted by molar-refractivity contribution is 5.90. The van der Waals surface area contributed by atoms with Gasteiger partial charge in [-0.1, -0.05) is 12.1 Å². The third-order valence-electron chi connectivity index (χ3n) is 3.22. The maximum Gasteiger partial charge on any atom is 0.321 e. The maximum atomic E-state index is 12.3. The molecule has 1 aromatic heterocycles. The molecule has 0 aliphatic rings. The standard InChI is InChI=1S/C16H23N5O2/c1-5-21(10-16(3,4)23)15(22)18-13-8-6-7-12(9-13)14-17-11(2)19-20-14/h6-9,23H,5,10H2,1-4H3,(H,18,22)(H,17,19,20). The summed E-state index contributed by atoms with van der Waals surface area (Å²) in [7, 11) is 0.